The Hall–Kier alpha value is 0.0300. The number of hydrogen-bond donors (Lipinski definition) is 1. The van der Waals surface area contributed by atoms with Gasteiger partial charge in [-0.2, -0.15) is 0 Å². The van der Waals surface area contributed by atoms with E-state index in [4.69, 9.17) is 0 Å². The molecule has 1 rings (SSSR count). The zero-order valence-electron chi connectivity index (χ0n) is 8.16. The standard InChI is InChI=1S/C8H18N2O2S/c1-7(2)9-8-3-5-10(6-4-8)13(11)12/h7-9H,3-6H2,1-2H3,(H,11,12)/p-1. The summed E-state index contributed by atoms with van der Waals surface area (Å²) in [5.41, 5.74) is 0. The van der Waals surface area contributed by atoms with Crippen LogP contribution in [-0.4, -0.2) is 38.2 Å². The molecular formula is C8H17N2O2S-. The van der Waals surface area contributed by atoms with Crippen LogP contribution in [0.1, 0.15) is 26.7 Å². The number of rotatable bonds is 3. The van der Waals surface area contributed by atoms with Crippen LogP contribution in [0.25, 0.3) is 0 Å². The fourth-order valence-corrected chi connectivity index (χ4v) is 2.15. The van der Waals surface area contributed by atoms with E-state index in [1.54, 1.807) is 0 Å². The van der Waals surface area contributed by atoms with E-state index in [1.807, 2.05) is 0 Å². The highest BCUT2D eigenvalue weighted by Gasteiger charge is 2.19. The van der Waals surface area contributed by atoms with Gasteiger partial charge in [-0.3, -0.25) is 4.21 Å². The Morgan fingerprint density at radius 2 is 2.00 bits per heavy atom. The lowest BCUT2D eigenvalue weighted by atomic mass is 10.1. The third kappa shape index (κ3) is 3.72. The SMILES string of the molecule is CC(C)NC1CCN(S(=O)[O-])CC1. The molecule has 1 aliphatic rings. The minimum absolute atomic E-state index is 0.481. The van der Waals surface area contributed by atoms with Gasteiger partial charge in [0, 0.05) is 36.4 Å². The third-order valence-corrected chi connectivity index (χ3v) is 3.02. The number of nitrogens with zero attached hydrogens (tertiary/aromatic N) is 1. The molecule has 1 fully saturated rings. The molecule has 0 saturated carbocycles. The van der Waals surface area contributed by atoms with Crippen LogP contribution in [0.4, 0.5) is 0 Å². The molecule has 1 atom stereocenters. The van der Waals surface area contributed by atoms with Crippen LogP contribution < -0.4 is 5.32 Å². The van der Waals surface area contributed by atoms with Crippen molar-refractivity contribution in [1.29, 1.82) is 0 Å². The summed E-state index contributed by atoms with van der Waals surface area (Å²) in [6.07, 6.45) is 1.85. The van der Waals surface area contributed by atoms with Crippen molar-refractivity contribution in [3.8, 4) is 0 Å². The molecule has 78 valence electrons. The van der Waals surface area contributed by atoms with Crippen LogP contribution in [0.15, 0.2) is 0 Å². The number of piperidine rings is 1. The van der Waals surface area contributed by atoms with Gasteiger partial charge in [-0.05, 0) is 12.8 Å². The van der Waals surface area contributed by atoms with Crippen LogP contribution in [0, 0.1) is 0 Å². The smallest absolute Gasteiger partial charge is 0.0209 e. The molecule has 0 aromatic rings. The molecule has 1 saturated heterocycles. The van der Waals surface area contributed by atoms with Gasteiger partial charge in [0.05, 0.1) is 0 Å². The van der Waals surface area contributed by atoms with E-state index >= 15 is 0 Å². The van der Waals surface area contributed by atoms with Crippen LogP contribution in [0.3, 0.4) is 0 Å². The van der Waals surface area contributed by atoms with Gasteiger partial charge in [-0.15, -0.1) is 0 Å². The van der Waals surface area contributed by atoms with Crippen molar-refractivity contribution in [3.05, 3.63) is 0 Å². The van der Waals surface area contributed by atoms with Gasteiger partial charge in [0.15, 0.2) is 0 Å². The molecule has 0 radical (unpaired) electrons. The van der Waals surface area contributed by atoms with E-state index < -0.39 is 11.3 Å². The summed E-state index contributed by atoms with van der Waals surface area (Å²) < 4.78 is 22.7. The van der Waals surface area contributed by atoms with Crippen molar-refractivity contribution >= 4 is 11.3 Å². The Morgan fingerprint density at radius 3 is 2.38 bits per heavy atom. The van der Waals surface area contributed by atoms with E-state index in [0.29, 0.717) is 25.2 Å². The lowest BCUT2D eigenvalue weighted by Crippen LogP contribution is -2.45. The maximum atomic E-state index is 10.6. The molecule has 0 spiro atoms. The first kappa shape index (κ1) is 11.1. The van der Waals surface area contributed by atoms with Crippen LogP contribution in [0.2, 0.25) is 0 Å². The Balaban J connectivity index is 2.26. The second kappa shape index (κ2) is 5.05. The zero-order valence-corrected chi connectivity index (χ0v) is 8.97. The van der Waals surface area contributed by atoms with Crippen molar-refractivity contribution in [2.45, 2.75) is 38.8 Å². The molecule has 0 bridgehead atoms. The van der Waals surface area contributed by atoms with Crippen molar-refractivity contribution in [2.75, 3.05) is 13.1 Å². The van der Waals surface area contributed by atoms with Crippen LogP contribution in [0.5, 0.6) is 0 Å². The fourth-order valence-electron chi connectivity index (χ4n) is 1.64. The van der Waals surface area contributed by atoms with E-state index in [9.17, 15) is 8.76 Å². The lowest BCUT2D eigenvalue weighted by molar-refractivity contribution is 0.274. The summed E-state index contributed by atoms with van der Waals surface area (Å²) in [4.78, 5) is 0. The maximum absolute atomic E-state index is 10.6. The summed E-state index contributed by atoms with van der Waals surface area (Å²) in [5, 5.41) is 3.41. The highest BCUT2D eigenvalue weighted by Crippen LogP contribution is 2.11. The summed E-state index contributed by atoms with van der Waals surface area (Å²) >= 11 is -2.02. The zero-order chi connectivity index (χ0) is 9.84. The van der Waals surface area contributed by atoms with Crippen molar-refractivity contribution < 1.29 is 8.76 Å². The highest BCUT2D eigenvalue weighted by molar-refractivity contribution is 7.76. The second-order valence-electron chi connectivity index (χ2n) is 3.74. The topological polar surface area (TPSA) is 55.4 Å². The van der Waals surface area contributed by atoms with Crippen LogP contribution >= 0.6 is 0 Å². The largest absolute Gasteiger partial charge is 0.760 e. The van der Waals surface area contributed by atoms with Gasteiger partial charge >= 0.3 is 0 Å². The molecule has 0 aromatic carbocycles. The molecule has 0 aromatic heterocycles. The number of hydrogen-bond acceptors (Lipinski definition) is 3. The average molecular weight is 205 g/mol. The Bertz CT molecular complexity index is 179. The van der Waals surface area contributed by atoms with Crippen molar-refractivity contribution in [2.24, 2.45) is 0 Å². The minimum Gasteiger partial charge on any atom is -0.760 e. The summed E-state index contributed by atoms with van der Waals surface area (Å²) in [6.45, 7) is 5.53. The molecule has 4 nitrogen and oxygen atoms in total. The lowest BCUT2D eigenvalue weighted by Gasteiger charge is -2.33. The van der Waals surface area contributed by atoms with Gasteiger partial charge in [0.1, 0.15) is 0 Å². The normalized spacial score (nSPS) is 23.7. The van der Waals surface area contributed by atoms with Gasteiger partial charge < -0.3 is 9.87 Å². The quantitative estimate of drug-likeness (QED) is 0.672. The average Bonchev–Trinajstić information content (AvgIpc) is 2.04. The highest BCUT2D eigenvalue weighted by atomic mass is 32.2. The molecule has 1 unspecified atom stereocenters. The molecule has 5 heteroatoms. The van der Waals surface area contributed by atoms with E-state index in [0.717, 1.165) is 12.8 Å². The molecular weight excluding hydrogens is 188 g/mol. The van der Waals surface area contributed by atoms with E-state index in [-0.39, 0.29) is 0 Å². The Kier molecular flexibility index (Phi) is 4.31. The third-order valence-electron chi connectivity index (χ3n) is 2.23. The first-order valence-corrected chi connectivity index (χ1v) is 5.73. The van der Waals surface area contributed by atoms with Crippen LogP contribution in [-0.2, 0) is 11.3 Å². The van der Waals surface area contributed by atoms with Crippen molar-refractivity contribution in [3.63, 3.8) is 0 Å². The summed E-state index contributed by atoms with van der Waals surface area (Å²) in [7, 11) is 0. The molecule has 1 N–H and O–H groups in total. The van der Waals surface area contributed by atoms with Gasteiger partial charge in [-0.1, -0.05) is 13.8 Å². The number of nitrogens with one attached hydrogen (secondary N) is 1. The Labute approximate surface area is 82.1 Å². The predicted molar refractivity (Wildman–Crippen MR) is 51.8 cm³/mol. The van der Waals surface area contributed by atoms with E-state index in [1.165, 1.54) is 4.31 Å². The first-order chi connectivity index (χ1) is 6.09. The summed E-state index contributed by atoms with van der Waals surface area (Å²) in [6, 6.07) is 0.967. The van der Waals surface area contributed by atoms with E-state index in [2.05, 4.69) is 19.2 Å². The molecule has 1 heterocycles. The predicted octanol–water partition coefficient (Wildman–Crippen LogP) is 0.243. The van der Waals surface area contributed by atoms with Crippen molar-refractivity contribution in [1.82, 2.24) is 9.62 Å². The monoisotopic (exact) mass is 205 g/mol. The molecule has 0 aliphatic carbocycles. The molecule has 0 amide bonds. The van der Waals surface area contributed by atoms with Gasteiger partial charge in [-0.25, -0.2) is 4.31 Å². The second-order valence-corrected chi connectivity index (χ2v) is 4.69. The maximum Gasteiger partial charge on any atom is 0.0209 e. The first-order valence-electron chi connectivity index (χ1n) is 4.70. The van der Waals surface area contributed by atoms with Gasteiger partial charge in [0.2, 0.25) is 0 Å². The Morgan fingerprint density at radius 1 is 1.46 bits per heavy atom. The fraction of sp³-hybridized carbons (Fsp3) is 1.00. The molecule has 1 aliphatic heterocycles. The molecule has 13 heavy (non-hydrogen) atoms. The minimum atomic E-state index is -2.02. The van der Waals surface area contributed by atoms with Gasteiger partial charge in [0.25, 0.3) is 0 Å². The summed E-state index contributed by atoms with van der Waals surface area (Å²) in [5.74, 6) is 0.